The fraction of sp³-hybridized carbons (Fsp3) is 0.200. The third kappa shape index (κ3) is 3.91. The van der Waals surface area contributed by atoms with E-state index in [1.54, 1.807) is 0 Å². The molecular weight excluding hydrogens is 376 g/mol. The lowest BCUT2D eigenvalue weighted by Gasteiger charge is -2.18. The Morgan fingerprint density at radius 3 is 2.53 bits per heavy atom. The molecule has 1 unspecified atom stereocenters. The summed E-state index contributed by atoms with van der Waals surface area (Å²) < 4.78 is 14.1. The Bertz CT molecular complexity index is 557. The smallest absolute Gasteiger partial charge is 0.123 e. The van der Waals surface area contributed by atoms with Crippen LogP contribution in [-0.2, 0) is 6.42 Å². The third-order valence-electron chi connectivity index (χ3n) is 3.04. The van der Waals surface area contributed by atoms with Crippen LogP contribution in [0.2, 0.25) is 5.02 Å². The van der Waals surface area contributed by atoms with E-state index in [0.717, 1.165) is 17.0 Å². The van der Waals surface area contributed by atoms with Gasteiger partial charge in [0.05, 0.1) is 0 Å². The second kappa shape index (κ2) is 6.68. The molecular formula is C15H14ClFIN. The lowest BCUT2D eigenvalue weighted by Crippen LogP contribution is -2.20. The first-order valence-corrected chi connectivity index (χ1v) is 7.42. The average molecular weight is 390 g/mol. The Labute approximate surface area is 131 Å². The number of nitrogens with one attached hydrogen (secondary N) is 1. The molecule has 1 nitrogen and oxygen atoms in total. The number of benzene rings is 2. The van der Waals surface area contributed by atoms with Crippen molar-refractivity contribution in [1.29, 1.82) is 0 Å². The topological polar surface area (TPSA) is 12.0 Å². The zero-order valence-corrected chi connectivity index (χ0v) is 13.4. The molecule has 0 saturated heterocycles. The fourth-order valence-corrected chi connectivity index (χ4v) is 2.90. The standard InChI is InChI=1S/C15H14ClFIN/c1-19-15(8-10-2-5-12(17)6-3-10)13-9-11(16)4-7-14(13)18/h2-7,9,15,19H,8H2,1H3. The van der Waals surface area contributed by atoms with Crippen molar-refractivity contribution < 1.29 is 4.39 Å². The summed E-state index contributed by atoms with van der Waals surface area (Å²) in [6, 6.07) is 12.7. The summed E-state index contributed by atoms with van der Waals surface area (Å²) in [5, 5.41) is 4.02. The number of rotatable bonds is 4. The van der Waals surface area contributed by atoms with Gasteiger partial charge in [0.15, 0.2) is 0 Å². The second-order valence-electron chi connectivity index (χ2n) is 4.34. The van der Waals surface area contributed by atoms with E-state index >= 15 is 0 Å². The van der Waals surface area contributed by atoms with Gasteiger partial charge in [-0.25, -0.2) is 4.39 Å². The van der Waals surface area contributed by atoms with Crippen LogP contribution >= 0.6 is 34.2 Å². The second-order valence-corrected chi connectivity index (χ2v) is 5.94. The monoisotopic (exact) mass is 389 g/mol. The van der Waals surface area contributed by atoms with Crippen LogP contribution in [0.1, 0.15) is 17.2 Å². The molecule has 100 valence electrons. The highest BCUT2D eigenvalue weighted by atomic mass is 127. The third-order valence-corrected chi connectivity index (χ3v) is 4.25. The van der Waals surface area contributed by atoms with Crippen molar-refractivity contribution in [3.63, 3.8) is 0 Å². The van der Waals surface area contributed by atoms with E-state index in [9.17, 15) is 4.39 Å². The van der Waals surface area contributed by atoms with Crippen LogP contribution < -0.4 is 5.32 Å². The average Bonchev–Trinajstić information content (AvgIpc) is 2.41. The summed E-state index contributed by atoms with van der Waals surface area (Å²) in [6.45, 7) is 0. The normalized spacial score (nSPS) is 12.4. The van der Waals surface area contributed by atoms with Crippen LogP contribution in [0, 0.1) is 9.39 Å². The van der Waals surface area contributed by atoms with E-state index in [-0.39, 0.29) is 11.9 Å². The minimum absolute atomic E-state index is 0.163. The Balaban J connectivity index is 2.24. The van der Waals surface area contributed by atoms with E-state index in [1.165, 1.54) is 21.3 Å². The van der Waals surface area contributed by atoms with E-state index in [0.29, 0.717) is 0 Å². The molecule has 2 aromatic carbocycles. The van der Waals surface area contributed by atoms with Gasteiger partial charge in [-0.15, -0.1) is 0 Å². The predicted octanol–water partition coefficient (Wildman–Crippen LogP) is 4.59. The Morgan fingerprint density at radius 2 is 1.89 bits per heavy atom. The van der Waals surface area contributed by atoms with Crippen LogP contribution in [0.15, 0.2) is 42.5 Å². The lowest BCUT2D eigenvalue weighted by atomic mass is 9.99. The van der Waals surface area contributed by atoms with Gasteiger partial charge in [-0.05, 0) is 77.5 Å². The van der Waals surface area contributed by atoms with Gasteiger partial charge in [-0.2, -0.15) is 0 Å². The van der Waals surface area contributed by atoms with Crippen molar-refractivity contribution in [3.05, 3.63) is 68.0 Å². The van der Waals surface area contributed by atoms with Crippen LogP contribution in [-0.4, -0.2) is 7.05 Å². The molecule has 0 heterocycles. The van der Waals surface area contributed by atoms with Crippen LogP contribution in [0.25, 0.3) is 0 Å². The van der Waals surface area contributed by atoms with Gasteiger partial charge >= 0.3 is 0 Å². The maximum Gasteiger partial charge on any atom is 0.123 e. The van der Waals surface area contributed by atoms with E-state index < -0.39 is 0 Å². The van der Waals surface area contributed by atoms with Crippen LogP contribution in [0.3, 0.4) is 0 Å². The van der Waals surface area contributed by atoms with Crippen molar-refractivity contribution in [3.8, 4) is 0 Å². The first-order chi connectivity index (χ1) is 9.10. The molecule has 0 aliphatic rings. The molecule has 0 aromatic heterocycles. The molecule has 1 atom stereocenters. The molecule has 0 amide bonds. The lowest BCUT2D eigenvalue weighted by molar-refractivity contribution is 0.586. The number of halogens is 3. The van der Waals surface area contributed by atoms with Crippen molar-refractivity contribution in [2.24, 2.45) is 0 Å². The molecule has 19 heavy (non-hydrogen) atoms. The summed E-state index contributed by atoms with van der Waals surface area (Å²) in [6.07, 6.45) is 0.799. The van der Waals surface area contributed by atoms with Crippen molar-refractivity contribution >= 4 is 34.2 Å². The Kier molecular flexibility index (Phi) is 5.19. The summed E-state index contributed by atoms with van der Waals surface area (Å²) >= 11 is 8.37. The van der Waals surface area contributed by atoms with Crippen molar-refractivity contribution in [2.75, 3.05) is 7.05 Å². The first-order valence-electron chi connectivity index (χ1n) is 5.97. The SMILES string of the molecule is CNC(Cc1ccc(F)cc1)c1cc(Cl)ccc1I. The Morgan fingerprint density at radius 1 is 1.21 bits per heavy atom. The maximum atomic E-state index is 12.9. The highest BCUT2D eigenvalue weighted by Gasteiger charge is 2.13. The van der Waals surface area contributed by atoms with E-state index in [1.807, 2.05) is 37.4 Å². The molecule has 0 saturated carbocycles. The first kappa shape index (κ1) is 14.8. The van der Waals surface area contributed by atoms with Gasteiger partial charge in [0.25, 0.3) is 0 Å². The van der Waals surface area contributed by atoms with Gasteiger partial charge in [0.2, 0.25) is 0 Å². The molecule has 1 N–H and O–H groups in total. The molecule has 0 aliphatic carbocycles. The molecule has 0 radical (unpaired) electrons. The molecule has 0 aliphatic heterocycles. The molecule has 0 spiro atoms. The number of likely N-dealkylation sites (N-methyl/N-ethyl adjacent to an activating group) is 1. The predicted molar refractivity (Wildman–Crippen MR) is 86.1 cm³/mol. The molecule has 2 rings (SSSR count). The zero-order valence-electron chi connectivity index (χ0n) is 10.5. The van der Waals surface area contributed by atoms with Gasteiger partial charge in [0, 0.05) is 14.6 Å². The van der Waals surface area contributed by atoms with Crippen LogP contribution in [0.4, 0.5) is 4.39 Å². The molecule has 2 aromatic rings. The maximum absolute atomic E-state index is 12.9. The van der Waals surface area contributed by atoms with Gasteiger partial charge in [0.1, 0.15) is 5.82 Å². The summed E-state index contributed by atoms with van der Waals surface area (Å²) in [5.74, 6) is -0.206. The van der Waals surface area contributed by atoms with Crippen LogP contribution in [0.5, 0.6) is 0 Å². The summed E-state index contributed by atoms with van der Waals surface area (Å²) in [5.41, 5.74) is 2.26. The summed E-state index contributed by atoms with van der Waals surface area (Å²) in [4.78, 5) is 0. The number of hydrogen-bond acceptors (Lipinski definition) is 1. The molecule has 0 fully saturated rings. The van der Waals surface area contributed by atoms with Crippen molar-refractivity contribution in [1.82, 2.24) is 5.32 Å². The van der Waals surface area contributed by atoms with Gasteiger partial charge < -0.3 is 5.32 Å². The largest absolute Gasteiger partial charge is 0.313 e. The molecule has 0 bridgehead atoms. The van der Waals surface area contributed by atoms with Gasteiger partial charge in [-0.3, -0.25) is 0 Å². The fourth-order valence-electron chi connectivity index (χ4n) is 2.01. The highest BCUT2D eigenvalue weighted by Crippen LogP contribution is 2.26. The Hall–Kier alpha value is -0.650. The summed E-state index contributed by atoms with van der Waals surface area (Å²) in [7, 11) is 1.92. The highest BCUT2D eigenvalue weighted by molar-refractivity contribution is 14.1. The van der Waals surface area contributed by atoms with Crippen molar-refractivity contribution in [2.45, 2.75) is 12.5 Å². The quantitative estimate of drug-likeness (QED) is 0.754. The minimum Gasteiger partial charge on any atom is -0.313 e. The van der Waals surface area contributed by atoms with Gasteiger partial charge in [-0.1, -0.05) is 23.7 Å². The number of hydrogen-bond donors (Lipinski definition) is 1. The zero-order chi connectivity index (χ0) is 13.8. The van der Waals surface area contributed by atoms with E-state index in [4.69, 9.17) is 11.6 Å². The minimum atomic E-state index is -0.206. The van der Waals surface area contributed by atoms with E-state index in [2.05, 4.69) is 27.9 Å². The molecule has 4 heteroatoms.